The Labute approximate surface area is 94.4 Å². The fourth-order valence-corrected chi connectivity index (χ4v) is 2.31. The van der Waals surface area contributed by atoms with E-state index in [1.807, 2.05) is 6.92 Å². The van der Waals surface area contributed by atoms with Crippen LogP contribution in [-0.2, 0) is 0 Å². The molecule has 0 bridgehead atoms. The van der Waals surface area contributed by atoms with Gasteiger partial charge in [-0.1, -0.05) is 11.3 Å². The van der Waals surface area contributed by atoms with E-state index >= 15 is 0 Å². The average molecular weight is 234 g/mol. The van der Waals surface area contributed by atoms with Crippen molar-refractivity contribution in [3.05, 3.63) is 35.9 Å². The Balaban J connectivity index is 2.15. The molecule has 0 aliphatic heterocycles. The number of hydrogen-bond acceptors (Lipinski definition) is 4. The van der Waals surface area contributed by atoms with Gasteiger partial charge < -0.3 is 0 Å². The van der Waals surface area contributed by atoms with Crippen molar-refractivity contribution in [2.45, 2.75) is 6.92 Å². The van der Waals surface area contributed by atoms with Gasteiger partial charge in [0.2, 0.25) is 4.96 Å². The summed E-state index contributed by atoms with van der Waals surface area (Å²) in [4.78, 5) is 0.747. The average Bonchev–Trinajstić information content (AvgIpc) is 2.83. The Morgan fingerprint density at radius 1 is 1.19 bits per heavy atom. The van der Waals surface area contributed by atoms with Gasteiger partial charge in [-0.3, -0.25) is 0 Å². The van der Waals surface area contributed by atoms with E-state index in [2.05, 4.69) is 15.3 Å². The fourth-order valence-electron chi connectivity index (χ4n) is 1.42. The lowest BCUT2D eigenvalue weighted by Gasteiger charge is -1.93. The summed E-state index contributed by atoms with van der Waals surface area (Å²) in [5, 5.41) is 13.1. The maximum atomic E-state index is 12.8. The molecule has 3 aromatic rings. The predicted octanol–water partition coefficient (Wildman–Crippen LogP) is 2.30. The van der Waals surface area contributed by atoms with Gasteiger partial charge in [0, 0.05) is 5.56 Å². The second-order valence-electron chi connectivity index (χ2n) is 3.36. The Kier molecular flexibility index (Phi) is 1.97. The third kappa shape index (κ3) is 1.38. The smallest absolute Gasteiger partial charge is 0.207 e. The van der Waals surface area contributed by atoms with Crippen molar-refractivity contribution in [3.63, 3.8) is 0 Å². The second-order valence-corrected chi connectivity index (χ2v) is 4.31. The molecule has 0 aliphatic carbocycles. The first-order chi connectivity index (χ1) is 7.74. The number of rotatable bonds is 1. The molecular weight excluding hydrogens is 227 g/mol. The van der Waals surface area contributed by atoms with Crippen molar-refractivity contribution >= 4 is 16.3 Å². The molecule has 80 valence electrons. The van der Waals surface area contributed by atoms with Crippen LogP contribution in [0.5, 0.6) is 0 Å². The van der Waals surface area contributed by atoms with Crippen LogP contribution in [0.25, 0.3) is 15.5 Å². The molecule has 16 heavy (non-hydrogen) atoms. The molecule has 0 unspecified atom stereocenters. The molecule has 0 saturated carbocycles. The summed E-state index contributed by atoms with van der Waals surface area (Å²) in [6.07, 6.45) is 0. The molecule has 3 rings (SSSR count). The van der Waals surface area contributed by atoms with Crippen LogP contribution in [0.4, 0.5) is 4.39 Å². The fraction of sp³-hybridized carbons (Fsp3) is 0.100. The van der Waals surface area contributed by atoms with Gasteiger partial charge in [0.05, 0.1) is 0 Å². The normalized spacial score (nSPS) is 11.1. The van der Waals surface area contributed by atoms with Crippen molar-refractivity contribution in [2.24, 2.45) is 0 Å². The van der Waals surface area contributed by atoms with Gasteiger partial charge in [-0.05, 0) is 31.2 Å². The quantitative estimate of drug-likeness (QED) is 0.649. The molecule has 2 aromatic heterocycles. The van der Waals surface area contributed by atoms with Crippen molar-refractivity contribution in [2.75, 3.05) is 0 Å². The number of benzene rings is 1. The molecular formula is C10H7FN4S. The van der Waals surface area contributed by atoms with Gasteiger partial charge >= 0.3 is 0 Å². The van der Waals surface area contributed by atoms with Gasteiger partial charge in [0.25, 0.3) is 0 Å². The second kappa shape index (κ2) is 3.34. The predicted molar refractivity (Wildman–Crippen MR) is 58.8 cm³/mol. The van der Waals surface area contributed by atoms with Crippen LogP contribution >= 0.6 is 11.3 Å². The van der Waals surface area contributed by atoms with Crippen LogP contribution in [0.3, 0.4) is 0 Å². The Morgan fingerprint density at radius 2 is 1.94 bits per heavy atom. The minimum Gasteiger partial charge on any atom is -0.207 e. The summed E-state index contributed by atoms with van der Waals surface area (Å²) in [5.41, 5.74) is 0.885. The van der Waals surface area contributed by atoms with E-state index in [9.17, 15) is 4.39 Å². The van der Waals surface area contributed by atoms with E-state index in [0.717, 1.165) is 21.4 Å². The van der Waals surface area contributed by atoms with Crippen LogP contribution in [0.2, 0.25) is 0 Å². The molecule has 0 saturated heterocycles. The zero-order chi connectivity index (χ0) is 11.1. The van der Waals surface area contributed by atoms with Gasteiger partial charge in [0.15, 0.2) is 5.82 Å². The number of fused-ring (bicyclic) bond motifs is 1. The zero-order valence-electron chi connectivity index (χ0n) is 8.38. The Bertz CT molecular complexity index is 640. The maximum absolute atomic E-state index is 12.8. The summed E-state index contributed by atoms with van der Waals surface area (Å²) in [6.45, 7) is 1.84. The highest BCUT2D eigenvalue weighted by molar-refractivity contribution is 7.19. The molecule has 0 amide bonds. The lowest BCUT2D eigenvalue weighted by Crippen LogP contribution is -1.88. The summed E-state index contributed by atoms with van der Waals surface area (Å²) in [7, 11) is 0. The van der Waals surface area contributed by atoms with E-state index in [0.29, 0.717) is 0 Å². The van der Waals surface area contributed by atoms with Crippen LogP contribution < -0.4 is 0 Å². The molecule has 0 aliphatic rings. The molecule has 0 N–H and O–H groups in total. The minimum absolute atomic E-state index is 0.247. The number of aromatic nitrogens is 4. The van der Waals surface area contributed by atoms with Crippen LogP contribution in [0, 0.1) is 12.7 Å². The zero-order valence-corrected chi connectivity index (χ0v) is 9.20. The molecule has 6 heteroatoms. The van der Waals surface area contributed by atoms with E-state index in [4.69, 9.17) is 0 Å². The largest absolute Gasteiger partial charge is 0.234 e. The standard InChI is InChI=1S/C10H7FN4S/c1-6-12-13-10-15(6)14-9(16-10)7-2-4-8(11)5-3-7/h2-5H,1H3. The van der Waals surface area contributed by atoms with Crippen LogP contribution in [-0.4, -0.2) is 19.8 Å². The summed E-state index contributed by atoms with van der Waals surface area (Å²) in [5.74, 6) is 0.502. The number of halogens is 1. The van der Waals surface area contributed by atoms with Gasteiger partial charge in [-0.15, -0.1) is 10.2 Å². The summed E-state index contributed by atoms with van der Waals surface area (Å²) >= 11 is 1.43. The first-order valence-corrected chi connectivity index (χ1v) is 5.50. The topological polar surface area (TPSA) is 43.1 Å². The Morgan fingerprint density at radius 3 is 2.62 bits per heavy atom. The molecule has 2 heterocycles. The highest BCUT2D eigenvalue weighted by Gasteiger charge is 2.09. The van der Waals surface area contributed by atoms with E-state index < -0.39 is 0 Å². The van der Waals surface area contributed by atoms with Crippen LogP contribution in [0.1, 0.15) is 5.82 Å². The van der Waals surface area contributed by atoms with Crippen LogP contribution in [0.15, 0.2) is 24.3 Å². The first-order valence-electron chi connectivity index (χ1n) is 4.69. The first kappa shape index (κ1) is 9.41. The minimum atomic E-state index is -0.247. The maximum Gasteiger partial charge on any atom is 0.234 e. The highest BCUT2D eigenvalue weighted by atomic mass is 32.1. The van der Waals surface area contributed by atoms with Crippen molar-refractivity contribution in [3.8, 4) is 10.6 Å². The molecule has 0 fully saturated rings. The lowest BCUT2D eigenvalue weighted by atomic mass is 10.2. The molecule has 4 nitrogen and oxygen atoms in total. The molecule has 0 spiro atoms. The third-order valence-electron chi connectivity index (χ3n) is 2.24. The number of hydrogen-bond donors (Lipinski definition) is 0. The SMILES string of the molecule is Cc1nnc2sc(-c3ccc(F)cc3)nn12. The number of nitrogens with zero attached hydrogens (tertiary/aromatic N) is 4. The number of aryl methyl sites for hydroxylation is 1. The van der Waals surface area contributed by atoms with E-state index in [-0.39, 0.29) is 5.82 Å². The Hall–Kier alpha value is -1.82. The van der Waals surface area contributed by atoms with Gasteiger partial charge in [-0.2, -0.15) is 9.61 Å². The van der Waals surface area contributed by atoms with Crippen molar-refractivity contribution < 1.29 is 4.39 Å². The molecule has 0 radical (unpaired) electrons. The van der Waals surface area contributed by atoms with E-state index in [1.165, 1.54) is 23.5 Å². The van der Waals surface area contributed by atoms with Gasteiger partial charge in [0.1, 0.15) is 10.8 Å². The van der Waals surface area contributed by atoms with Crippen molar-refractivity contribution in [1.82, 2.24) is 19.8 Å². The van der Waals surface area contributed by atoms with Gasteiger partial charge in [-0.25, -0.2) is 4.39 Å². The van der Waals surface area contributed by atoms with Crippen molar-refractivity contribution in [1.29, 1.82) is 0 Å². The summed E-state index contributed by atoms with van der Waals surface area (Å²) < 4.78 is 14.5. The monoisotopic (exact) mass is 234 g/mol. The third-order valence-corrected chi connectivity index (χ3v) is 3.19. The molecule has 1 aromatic carbocycles. The molecule has 0 atom stereocenters. The van der Waals surface area contributed by atoms with E-state index in [1.54, 1.807) is 16.6 Å². The summed E-state index contributed by atoms with van der Waals surface area (Å²) in [6, 6.07) is 6.25. The highest BCUT2D eigenvalue weighted by Crippen LogP contribution is 2.25. The lowest BCUT2D eigenvalue weighted by molar-refractivity contribution is 0.628.